The first-order valence-electron chi connectivity index (χ1n) is 7.83. The Bertz CT molecular complexity index is 534. The van der Waals surface area contributed by atoms with Crippen molar-refractivity contribution in [2.45, 2.75) is 57.1 Å². The summed E-state index contributed by atoms with van der Waals surface area (Å²) in [4.78, 5) is 10.8. The summed E-state index contributed by atoms with van der Waals surface area (Å²) in [7, 11) is 0. The van der Waals surface area contributed by atoms with Gasteiger partial charge in [-0.3, -0.25) is 0 Å². The predicted octanol–water partition coefficient (Wildman–Crippen LogP) is 2.26. The lowest BCUT2D eigenvalue weighted by Gasteiger charge is -2.43. The van der Waals surface area contributed by atoms with Crippen LogP contribution in [-0.2, 0) is 0 Å². The van der Waals surface area contributed by atoms with Gasteiger partial charge in [0, 0.05) is 18.5 Å². The number of aliphatic hydroxyl groups is 1. The lowest BCUT2D eigenvalue weighted by molar-refractivity contribution is -0.0411. The van der Waals surface area contributed by atoms with Gasteiger partial charge in [0.25, 0.3) is 0 Å². The van der Waals surface area contributed by atoms with Crippen molar-refractivity contribution >= 4 is 5.82 Å². The van der Waals surface area contributed by atoms with Crippen LogP contribution in [0.3, 0.4) is 0 Å². The average molecular weight is 286 g/mol. The van der Waals surface area contributed by atoms with Crippen LogP contribution in [-0.4, -0.2) is 33.3 Å². The Kier molecular flexibility index (Phi) is 3.81. The van der Waals surface area contributed by atoms with E-state index in [-0.39, 0.29) is 0 Å². The molecule has 0 spiro atoms. The molecule has 1 aliphatic heterocycles. The highest BCUT2D eigenvalue weighted by Gasteiger charge is 2.43. The topological polar surface area (TPSA) is 73.0 Å². The van der Waals surface area contributed by atoms with Crippen LogP contribution in [0.25, 0.3) is 0 Å². The molecule has 1 N–H and O–H groups in total. The molecule has 2 fully saturated rings. The summed E-state index contributed by atoms with van der Waals surface area (Å²) in [6.45, 7) is 2.94. The van der Waals surface area contributed by atoms with E-state index in [1.54, 1.807) is 6.20 Å². The second-order valence-electron chi connectivity index (χ2n) is 6.48. The van der Waals surface area contributed by atoms with Gasteiger partial charge in [-0.1, -0.05) is 12.8 Å². The van der Waals surface area contributed by atoms with Crippen molar-refractivity contribution in [1.29, 1.82) is 5.26 Å². The number of hydrogen-bond acceptors (Lipinski definition) is 5. The molecule has 0 unspecified atom stereocenters. The highest BCUT2D eigenvalue weighted by atomic mass is 16.3. The number of aromatic nitrogens is 2. The summed E-state index contributed by atoms with van der Waals surface area (Å²) in [6, 6.07) is 2.34. The Morgan fingerprint density at radius 2 is 2.14 bits per heavy atom. The summed E-state index contributed by atoms with van der Waals surface area (Å²) in [5.74, 6) is 1.13. The number of rotatable bonds is 2. The van der Waals surface area contributed by atoms with E-state index in [9.17, 15) is 5.11 Å². The van der Waals surface area contributed by atoms with Gasteiger partial charge < -0.3 is 10.0 Å². The van der Waals surface area contributed by atoms with Gasteiger partial charge in [-0.15, -0.1) is 0 Å². The van der Waals surface area contributed by atoms with E-state index in [0.717, 1.165) is 44.5 Å². The molecule has 0 radical (unpaired) electrons. The second kappa shape index (κ2) is 5.61. The molecule has 1 saturated heterocycles. The molecule has 5 nitrogen and oxygen atoms in total. The van der Waals surface area contributed by atoms with Crippen molar-refractivity contribution < 1.29 is 5.11 Å². The molecule has 1 saturated carbocycles. The summed E-state index contributed by atoms with van der Waals surface area (Å²) >= 11 is 0. The molecule has 21 heavy (non-hydrogen) atoms. The zero-order valence-corrected chi connectivity index (χ0v) is 12.5. The Balaban J connectivity index is 1.83. The maximum absolute atomic E-state index is 10.7. The Morgan fingerprint density at radius 1 is 1.29 bits per heavy atom. The van der Waals surface area contributed by atoms with E-state index in [4.69, 9.17) is 5.26 Å². The molecule has 2 heterocycles. The van der Waals surface area contributed by atoms with Gasteiger partial charge in [-0.2, -0.15) is 5.26 Å². The number of anilines is 1. The smallest absolute Gasteiger partial charge is 0.158 e. The van der Waals surface area contributed by atoms with Crippen LogP contribution in [0.2, 0.25) is 0 Å². The van der Waals surface area contributed by atoms with Crippen molar-refractivity contribution in [3.8, 4) is 6.07 Å². The fourth-order valence-electron chi connectivity index (χ4n) is 3.97. The standard InChI is InChI=1S/C16H22N4O/c1-16(21)7-3-2-5-13(16)14-6-4-8-20(14)15-11-18-12(9-17)10-19-15/h10-11,13-14,21H,2-8H2,1H3/t13-,14-,16-/m0/s1. The van der Waals surface area contributed by atoms with Crippen molar-refractivity contribution in [2.75, 3.05) is 11.4 Å². The summed E-state index contributed by atoms with van der Waals surface area (Å²) in [5.41, 5.74) is -0.231. The molecular formula is C16H22N4O. The molecular weight excluding hydrogens is 264 g/mol. The largest absolute Gasteiger partial charge is 0.390 e. The molecule has 5 heteroatoms. The van der Waals surface area contributed by atoms with Crippen LogP contribution in [0.5, 0.6) is 0 Å². The molecule has 1 aliphatic carbocycles. The van der Waals surface area contributed by atoms with E-state index < -0.39 is 5.60 Å². The third-order valence-electron chi connectivity index (χ3n) is 5.06. The molecule has 0 amide bonds. The molecule has 112 valence electrons. The summed E-state index contributed by atoms with van der Waals surface area (Å²) in [6.07, 6.45) is 9.73. The molecule has 3 rings (SSSR count). The minimum atomic E-state index is -0.578. The second-order valence-corrected chi connectivity index (χ2v) is 6.48. The number of hydrogen-bond donors (Lipinski definition) is 1. The third kappa shape index (κ3) is 2.73. The summed E-state index contributed by atoms with van der Waals surface area (Å²) in [5, 5.41) is 19.6. The number of nitriles is 1. The fourth-order valence-corrected chi connectivity index (χ4v) is 3.97. The highest BCUT2D eigenvalue weighted by Crippen LogP contribution is 2.41. The minimum absolute atomic E-state index is 0.297. The summed E-state index contributed by atoms with van der Waals surface area (Å²) < 4.78 is 0. The lowest BCUT2D eigenvalue weighted by atomic mass is 9.72. The third-order valence-corrected chi connectivity index (χ3v) is 5.06. The van der Waals surface area contributed by atoms with Crippen molar-refractivity contribution in [1.82, 2.24) is 9.97 Å². The van der Waals surface area contributed by atoms with Crippen LogP contribution in [0, 0.1) is 17.2 Å². The van der Waals surface area contributed by atoms with E-state index in [0.29, 0.717) is 17.7 Å². The average Bonchev–Trinajstić information content (AvgIpc) is 2.96. The first-order valence-corrected chi connectivity index (χ1v) is 7.83. The van der Waals surface area contributed by atoms with Gasteiger partial charge >= 0.3 is 0 Å². The van der Waals surface area contributed by atoms with Crippen LogP contribution < -0.4 is 4.90 Å². The Labute approximate surface area is 125 Å². The Hall–Kier alpha value is -1.67. The molecule has 1 aromatic rings. The predicted molar refractivity (Wildman–Crippen MR) is 79.7 cm³/mol. The zero-order valence-electron chi connectivity index (χ0n) is 12.5. The SMILES string of the molecule is C[C@]1(O)CCCC[C@H]1[C@@H]1CCCN1c1cnc(C#N)cn1. The molecule has 0 bridgehead atoms. The zero-order chi connectivity index (χ0) is 14.9. The van der Waals surface area contributed by atoms with Crippen LogP contribution in [0.1, 0.15) is 51.1 Å². The van der Waals surface area contributed by atoms with Crippen LogP contribution >= 0.6 is 0 Å². The lowest BCUT2D eigenvalue weighted by Crippen LogP contribution is -2.49. The van der Waals surface area contributed by atoms with Crippen molar-refractivity contribution in [2.24, 2.45) is 5.92 Å². The van der Waals surface area contributed by atoms with Gasteiger partial charge in [-0.05, 0) is 32.6 Å². The maximum atomic E-state index is 10.7. The van der Waals surface area contributed by atoms with E-state index in [1.165, 1.54) is 12.6 Å². The quantitative estimate of drug-likeness (QED) is 0.902. The monoisotopic (exact) mass is 286 g/mol. The number of nitrogens with zero attached hydrogens (tertiary/aromatic N) is 4. The minimum Gasteiger partial charge on any atom is -0.390 e. The molecule has 1 aromatic heterocycles. The maximum Gasteiger partial charge on any atom is 0.158 e. The first kappa shape index (κ1) is 14.3. The van der Waals surface area contributed by atoms with Crippen molar-refractivity contribution in [3.05, 3.63) is 18.1 Å². The van der Waals surface area contributed by atoms with E-state index in [2.05, 4.69) is 14.9 Å². The Morgan fingerprint density at radius 3 is 2.81 bits per heavy atom. The molecule has 0 aromatic carbocycles. The molecule has 2 aliphatic rings. The fraction of sp³-hybridized carbons (Fsp3) is 0.688. The highest BCUT2D eigenvalue weighted by molar-refractivity contribution is 5.40. The normalized spacial score (nSPS) is 32.9. The van der Waals surface area contributed by atoms with Gasteiger partial charge in [0.15, 0.2) is 5.69 Å². The van der Waals surface area contributed by atoms with Gasteiger partial charge in [-0.25, -0.2) is 9.97 Å². The van der Waals surface area contributed by atoms with Gasteiger partial charge in [0.1, 0.15) is 11.9 Å². The van der Waals surface area contributed by atoms with E-state index in [1.807, 2.05) is 13.0 Å². The van der Waals surface area contributed by atoms with Crippen molar-refractivity contribution in [3.63, 3.8) is 0 Å². The molecule has 3 atom stereocenters. The van der Waals surface area contributed by atoms with Gasteiger partial charge in [0.05, 0.1) is 18.0 Å². The van der Waals surface area contributed by atoms with Crippen LogP contribution in [0.4, 0.5) is 5.82 Å². The first-order chi connectivity index (χ1) is 10.1. The van der Waals surface area contributed by atoms with Crippen LogP contribution in [0.15, 0.2) is 12.4 Å². The van der Waals surface area contributed by atoms with Gasteiger partial charge in [0.2, 0.25) is 0 Å². The van der Waals surface area contributed by atoms with E-state index >= 15 is 0 Å².